The number of carbonyl (C=O) groups is 3. The van der Waals surface area contributed by atoms with Crippen LogP contribution < -0.4 is 5.32 Å². The second-order valence-corrected chi connectivity index (χ2v) is 8.72. The molecule has 1 aliphatic carbocycles. The van der Waals surface area contributed by atoms with Crippen LogP contribution in [0.4, 0.5) is 4.79 Å². The highest BCUT2D eigenvalue weighted by Gasteiger charge is 2.29. The van der Waals surface area contributed by atoms with Crippen molar-refractivity contribution in [3.05, 3.63) is 59.7 Å². The molecule has 2 N–H and O–H groups in total. The lowest BCUT2D eigenvalue weighted by Crippen LogP contribution is -2.39. The first-order chi connectivity index (χ1) is 15.8. The van der Waals surface area contributed by atoms with Crippen LogP contribution >= 0.6 is 0 Å². The summed E-state index contributed by atoms with van der Waals surface area (Å²) in [6, 6.07) is 16.3. The number of aliphatic carboxylic acids is 1. The van der Waals surface area contributed by atoms with E-state index < -0.39 is 12.1 Å². The Bertz CT molecular complexity index is 958. The number of nitrogens with one attached hydrogen (secondary N) is 1. The summed E-state index contributed by atoms with van der Waals surface area (Å²) in [5.74, 6) is -1.28. The van der Waals surface area contributed by atoms with Crippen LogP contribution in [0.3, 0.4) is 0 Å². The summed E-state index contributed by atoms with van der Waals surface area (Å²) >= 11 is 0. The van der Waals surface area contributed by atoms with E-state index in [1.54, 1.807) is 6.92 Å². The highest BCUT2D eigenvalue weighted by Crippen LogP contribution is 2.44. The van der Waals surface area contributed by atoms with E-state index in [-0.39, 0.29) is 49.8 Å². The Morgan fingerprint density at radius 2 is 1.61 bits per heavy atom. The third kappa shape index (κ3) is 5.92. The molecule has 0 heterocycles. The van der Waals surface area contributed by atoms with E-state index in [0.29, 0.717) is 6.54 Å². The van der Waals surface area contributed by atoms with E-state index in [1.807, 2.05) is 38.1 Å². The molecule has 0 spiro atoms. The summed E-state index contributed by atoms with van der Waals surface area (Å²) in [4.78, 5) is 37.3. The molecule has 0 saturated heterocycles. The van der Waals surface area contributed by atoms with Crippen LogP contribution in [0.1, 0.15) is 44.2 Å². The minimum absolute atomic E-state index is 0.0141. The minimum Gasteiger partial charge on any atom is -0.480 e. The number of ether oxygens (including phenoxy) is 1. The molecule has 2 aromatic rings. The van der Waals surface area contributed by atoms with Crippen molar-refractivity contribution >= 4 is 18.0 Å². The van der Waals surface area contributed by atoms with Crippen molar-refractivity contribution in [3.63, 3.8) is 0 Å². The van der Waals surface area contributed by atoms with E-state index in [4.69, 9.17) is 9.84 Å². The van der Waals surface area contributed by atoms with E-state index in [1.165, 1.54) is 16.0 Å². The molecule has 0 radical (unpaired) electrons. The number of nitrogens with zero attached hydrogens (tertiary/aromatic N) is 1. The predicted octanol–water partition coefficient (Wildman–Crippen LogP) is 4.12. The van der Waals surface area contributed by atoms with Crippen molar-refractivity contribution in [2.24, 2.45) is 11.8 Å². The van der Waals surface area contributed by atoms with Gasteiger partial charge >= 0.3 is 12.1 Å². The molecule has 1 unspecified atom stereocenters. The number of carboxylic acids is 1. The van der Waals surface area contributed by atoms with Gasteiger partial charge in [0.05, 0.1) is 0 Å². The van der Waals surface area contributed by atoms with E-state index in [9.17, 15) is 14.4 Å². The van der Waals surface area contributed by atoms with Crippen LogP contribution in [-0.4, -0.2) is 54.2 Å². The zero-order chi connectivity index (χ0) is 24.0. The number of carbonyl (C=O) groups excluding carboxylic acids is 2. The second-order valence-electron chi connectivity index (χ2n) is 8.72. The molecule has 2 aromatic carbocycles. The summed E-state index contributed by atoms with van der Waals surface area (Å²) in [7, 11) is 0. The molecule has 0 saturated carbocycles. The number of carboxylic acid groups (broad SMARTS) is 1. The van der Waals surface area contributed by atoms with Crippen molar-refractivity contribution < 1.29 is 24.2 Å². The van der Waals surface area contributed by atoms with Gasteiger partial charge in [-0.1, -0.05) is 62.4 Å². The summed E-state index contributed by atoms with van der Waals surface area (Å²) in [5.41, 5.74) is 4.63. The predicted molar refractivity (Wildman–Crippen MR) is 126 cm³/mol. The van der Waals surface area contributed by atoms with Gasteiger partial charge in [0.15, 0.2) is 0 Å². The van der Waals surface area contributed by atoms with Gasteiger partial charge in [0.2, 0.25) is 5.91 Å². The van der Waals surface area contributed by atoms with Gasteiger partial charge in [0.25, 0.3) is 0 Å². The average Bonchev–Trinajstić information content (AvgIpc) is 3.12. The molecule has 176 valence electrons. The standard InChI is InChI=1S/C26H32N2O5/c1-4-28(15-25(30)31)24(29)13-18(17(2)3)14-27-26(32)33-16-23-21-11-7-5-9-19(21)20-10-6-8-12-22(20)23/h5-12,17-18,23H,4,13-16H2,1-3H3,(H,27,32)(H,30,31). The Balaban J connectivity index is 1.56. The Labute approximate surface area is 194 Å². The molecule has 2 amide bonds. The molecule has 7 nitrogen and oxygen atoms in total. The van der Waals surface area contributed by atoms with Gasteiger partial charge < -0.3 is 20.1 Å². The van der Waals surface area contributed by atoms with Gasteiger partial charge in [-0.25, -0.2) is 4.79 Å². The first kappa shape index (κ1) is 24.3. The van der Waals surface area contributed by atoms with Crippen molar-refractivity contribution in [3.8, 4) is 11.1 Å². The lowest BCUT2D eigenvalue weighted by molar-refractivity contribution is -0.144. The van der Waals surface area contributed by atoms with Gasteiger partial charge in [-0.05, 0) is 41.0 Å². The van der Waals surface area contributed by atoms with Gasteiger partial charge in [-0.15, -0.1) is 0 Å². The quantitative estimate of drug-likeness (QED) is 0.565. The number of fused-ring (bicyclic) bond motifs is 3. The molecule has 1 atom stereocenters. The maximum atomic E-state index is 12.5. The number of amides is 2. The fraction of sp³-hybridized carbons (Fsp3) is 0.423. The normalized spacial score (nSPS) is 13.2. The van der Waals surface area contributed by atoms with E-state index in [2.05, 4.69) is 29.6 Å². The molecule has 0 fully saturated rings. The highest BCUT2D eigenvalue weighted by molar-refractivity contribution is 5.81. The Morgan fingerprint density at radius 3 is 2.12 bits per heavy atom. The fourth-order valence-electron chi connectivity index (χ4n) is 4.30. The van der Waals surface area contributed by atoms with Crippen LogP contribution in [-0.2, 0) is 14.3 Å². The van der Waals surface area contributed by atoms with Crippen molar-refractivity contribution in [2.45, 2.75) is 33.1 Å². The Kier molecular flexibility index (Phi) is 8.09. The van der Waals surface area contributed by atoms with Crippen molar-refractivity contribution in [2.75, 3.05) is 26.2 Å². The lowest BCUT2D eigenvalue weighted by Gasteiger charge is -2.25. The summed E-state index contributed by atoms with van der Waals surface area (Å²) in [6.45, 7) is 6.23. The van der Waals surface area contributed by atoms with Crippen LogP contribution in [0.15, 0.2) is 48.5 Å². The van der Waals surface area contributed by atoms with Crippen LogP contribution in [0.25, 0.3) is 11.1 Å². The summed E-state index contributed by atoms with van der Waals surface area (Å²) in [5, 5.41) is 11.8. The maximum absolute atomic E-state index is 12.5. The Hall–Kier alpha value is -3.35. The summed E-state index contributed by atoms with van der Waals surface area (Å²) < 4.78 is 5.57. The minimum atomic E-state index is -1.04. The average molecular weight is 453 g/mol. The number of hydrogen-bond donors (Lipinski definition) is 2. The molecule has 1 aliphatic rings. The molecule has 0 bridgehead atoms. The number of benzene rings is 2. The third-order valence-corrected chi connectivity index (χ3v) is 6.29. The number of rotatable bonds is 10. The second kappa shape index (κ2) is 11.0. The summed E-state index contributed by atoms with van der Waals surface area (Å²) in [6.07, 6.45) is -0.351. The monoisotopic (exact) mass is 452 g/mol. The first-order valence-corrected chi connectivity index (χ1v) is 11.4. The third-order valence-electron chi connectivity index (χ3n) is 6.29. The highest BCUT2D eigenvalue weighted by atomic mass is 16.5. The molecule has 33 heavy (non-hydrogen) atoms. The van der Waals surface area contributed by atoms with E-state index >= 15 is 0 Å². The van der Waals surface area contributed by atoms with Gasteiger partial charge in [0, 0.05) is 25.4 Å². The van der Waals surface area contributed by atoms with Crippen molar-refractivity contribution in [1.82, 2.24) is 10.2 Å². The maximum Gasteiger partial charge on any atom is 0.407 e. The number of hydrogen-bond acceptors (Lipinski definition) is 4. The zero-order valence-electron chi connectivity index (χ0n) is 19.4. The first-order valence-electron chi connectivity index (χ1n) is 11.4. The van der Waals surface area contributed by atoms with Crippen LogP contribution in [0, 0.1) is 11.8 Å². The molecule has 3 rings (SSSR count). The molecule has 7 heteroatoms. The molecule has 0 aliphatic heterocycles. The smallest absolute Gasteiger partial charge is 0.407 e. The van der Waals surface area contributed by atoms with Gasteiger partial charge in [0.1, 0.15) is 13.2 Å². The van der Waals surface area contributed by atoms with Gasteiger partial charge in [-0.2, -0.15) is 0 Å². The van der Waals surface area contributed by atoms with Crippen molar-refractivity contribution in [1.29, 1.82) is 0 Å². The Morgan fingerprint density at radius 1 is 1.03 bits per heavy atom. The van der Waals surface area contributed by atoms with E-state index in [0.717, 1.165) is 11.1 Å². The zero-order valence-corrected chi connectivity index (χ0v) is 19.4. The topological polar surface area (TPSA) is 95.9 Å². The molecule has 0 aromatic heterocycles. The molecular formula is C26H32N2O5. The number of alkyl carbamates (subject to hydrolysis) is 1. The SMILES string of the molecule is CCN(CC(=O)O)C(=O)CC(CNC(=O)OCC1c2ccccc2-c2ccccc21)C(C)C. The lowest BCUT2D eigenvalue weighted by atomic mass is 9.92. The van der Waals surface area contributed by atoms with Crippen LogP contribution in [0.5, 0.6) is 0 Å². The van der Waals surface area contributed by atoms with Crippen LogP contribution in [0.2, 0.25) is 0 Å². The van der Waals surface area contributed by atoms with Gasteiger partial charge in [-0.3, -0.25) is 9.59 Å². The number of likely N-dealkylation sites (N-methyl/N-ethyl adjacent to an activating group) is 1. The molecular weight excluding hydrogens is 420 g/mol. The fourth-order valence-corrected chi connectivity index (χ4v) is 4.30. The largest absolute Gasteiger partial charge is 0.480 e.